The fourth-order valence-corrected chi connectivity index (χ4v) is 3.25. The maximum Gasteiger partial charge on any atom is 0.141 e. The number of ether oxygens (including phenoxy) is 1. The molecule has 14 heavy (non-hydrogen) atoms. The van der Waals surface area contributed by atoms with Crippen LogP contribution in [0.2, 0.25) is 0 Å². The van der Waals surface area contributed by atoms with E-state index in [1.807, 2.05) is 0 Å². The fraction of sp³-hybridized carbons (Fsp3) is 0.273. The molecule has 0 unspecified atom stereocenters. The predicted molar refractivity (Wildman–Crippen MR) is 65.5 cm³/mol. The molecule has 2 aromatic rings. The van der Waals surface area contributed by atoms with E-state index in [0.717, 1.165) is 16.6 Å². The number of methoxy groups -OCH3 is 1. The monoisotopic (exact) mass is 270 g/mol. The van der Waals surface area contributed by atoms with Crippen LogP contribution in [0.4, 0.5) is 0 Å². The molecule has 0 saturated carbocycles. The van der Waals surface area contributed by atoms with E-state index < -0.39 is 0 Å². The van der Waals surface area contributed by atoms with Gasteiger partial charge in [-0.3, -0.25) is 0 Å². The molecule has 0 aliphatic carbocycles. The maximum absolute atomic E-state index is 5.38. The fourth-order valence-electron chi connectivity index (χ4n) is 1.62. The number of thiophene rings is 1. The molecule has 1 nitrogen and oxygen atoms in total. The zero-order chi connectivity index (χ0) is 10.1. The molecule has 0 amide bonds. The quantitative estimate of drug-likeness (QED) is 0.794. The summed E-state index contributed by atoms with van der Waals surface area (Å²) < 4.78 is 7.76. The second-order valence-electron chi connectivity index (χ2n) is 3.07. The number of benzene rings is 1. The minimum Gasteiger partial charge on any atom is -0.495 e. The first-order valence-corrected chi connectivity index (χ1v) is 6.17. The van der Waals surface area contributed by atoms with E-state index in [0.29, 0.717) is 0 Å². The summed E-state index contributed by atoms with van der Waals surface area (Å²) in [5, 5.41) is 3.32. The van der Waals surface area contributed by atoms with Crippen LogP contribution in [0.15, 0.2) is 22.0 Å². The minimum absolute atomic E-state index is 0.943. The van der Waals surface area contributed by atoms with Gasteiger partial charge in [0.05, 0.1) is 11.6 Å². The number of fused-ring (bicyclic) bond motifs is 1. The first-order chi connectivity index (χ1) is 6.77. The summed E-state index contributed by atoms with van der Waals surface area (Å²) in [6.45, 7) is 2.17. The van der Waals surface area contributed by atoms with Gasteiger partial charge in [-0.1, -0.05) is 6.92 Å². The van der Waals surface area contributed by atoms with Crippen LogP contribution in [0.5, 0.6) is 5.75 Å². The Morgan fingerprint density at radius 2 is 2.29 bits per heavy atom. The first-order valence-electron chi connectivity index (χ1n) is 4.50. The molecule has 0 aliphatic rings. The molecule has 2 rings (SSSR count). The highest BCUT2D eigenvalue weighted by Gasteiger charge is 2.10. The van der Waals surface area contributed by atoms with Crippen LogP contribution in [0.1, 0.15) is 12.5 Å². The number of rotatable bonds is 2. The molecule has 3 heteroatoms. The summed E-state index contributed by atoms with van der Waals surface area (Å²) >= 11 is 5.31. The van der Waals surface area contributed by atoms with Gasteiger partial charge >= 0.3 is 0 Å². The second-order valence-corrected chi connectivity index (χ2v) is 4.84. The topological polar surface area (TPSA) is 9.23 Å². The Balaban J connectivity index is 2.81. The average Bonchev–Trinajstić information content (AvgIpc) is 2.65. The van der Waals surface area contributed by atoms with Crippen LogP contribution >= 0.6 is 27.3 Å². The van der Waals surface area contributed by atoms with Crippen LogP contribution in [0.25, 0.3) is 10.1 Å². The van der Waals surface area contributed by atoms with Gasteiger partial charge in [-0.2, -0.15) is 0 Å². The summed E-state index contributed by atoms with van der Waals surface area (Å²) in [7, 11) is 1.71. The normalized spacial score (nSPS) is 10.8. The lowest BCUT2D eigenvalue weighted by Gasteiger charge is -2.07. The zero-order valence-electron chi connectivity index (χ0n) is 8.13. The van der Waals surface area contributed by atoms with Gasteiger partial charge in [0, 0.05) is 10.1 Å². The van der Waals surface area contributed by atoms with Crippen molar-refractivity contribution in [2.24, 2.45) is 0 Å². The van der Waals surface area contributed by atoms with Crippen molar-refractivity contribution in [2.45, 2.75) is 13.3 Å². The highest BCUT2D eigenvalue weighted by Crippen LogP contribution is 2.38. The predicted octanol–water partition coefficient (Wildman–Crippen LogP) is 4.23. The molecule has 0 fully saturated rings. The van der Waals surface area contributed by atoms with E-state index in [1.165, 1.54) is 15.6 Å². The number of aryl methyl sites for hydroxylation is 1. The highest BCUT2D eigenvalue weighted by molar-refractivity contribution is 9.10. The molecule has 1 aromatic heterocycles. The summed E-state index contributed by atoms with van der Waals surface area (Å²) in [4.78, 5) is 0. The summed E-state index contributed by atoms with van der Waals surface area (Å²) in [6, 6.07) is 4.26. The van der Waals surface area contributed by atoms with Crippen LogP contribution < -0.4 is 4.74 Å². The van der Waals surface area contributed by atoms with Crippen molar-refractivity contribution < 1.29 is 4.74 Å². The third-order valence-electron chi connectivity index (χ3n) is 2.30. The Hall–Kier alpha value is -0.540. The lowest BCUT2D eigenvalue weighted by molar-refractivity contribution is 0.417. The average molecular weight is 271 g/mol. The van der Waals surface area contributed by atoms with Gasteiger partial charge in [-0.05, 0) is 45.4 Å². The molecule has 0 saturated heterocycles. The SMILES string of the molecule is CCc1cc(Br)c(OC)c2ccsc12. The molecule has 0 bridgehead atoms. The third kappa shape index (κ3) is 1.44. The van der Waals surface area contributed by atoms with Gasteiger partial charge in [0.25, 0.3) is 0 Å². The maximum atomic E-state index is 5.38. The Morgan fingerprint density at radius 1 is 1.50 bits per heavy atom. The summed E-state index contributed by atoms with van der Waals surface area (Å²) in [6.07, 6.45) is 1.06. The molecule has 74 valence electrons. The Labute approximate surface area is 95.8 Å². The summed E-state index contributed by atoms with van der Waals surface area (Å²) in [5.41, 5.74) is 1.38. The Kier molecular flexibility index (Phi) is 2.79. The number of hydrogen-bond donors (Lipinski definition) is 0. The van der Waals surface area contributed by atoms with Gasteiger partial charge < -0.3 is 4.74 Å². The van der Waals surface area contributed by atoms with Gasteiger partial charge in [0.2, 0.25) is 0 Å². The lowest BCUT2D eigenvalue weighted by atomic mass is 10.1. The van der Waals surface area contributed by atoms with Crippen LogP contribution in [-0.4, -0.2) is 7.11 Å². The minimum atomic E-state index is 0.943. The van der Waals surface area contributed by atoms with E-state index >= 15 is 0 Å². The first kappa shape index (κ1) is 9.99. The van der Waals surface area contributed by atoms with Crippen molar-refractivity contribution in [1.29, 1.82) is 0 Å². The molecule has 0 spiro atoms. The molecule has 0 radical (unpaired) electrons. The summed E-state index contributed by atoms with van der Waals surface area (Å²) in [5.74, 6) is 0.943. The molecule has 0 N–H and O–H groups in total. The molecule has 0 aliphatic heterocycles. The molecule has 1 heterocycles. The van der Waals surface area contributed by atoms with Crippen molar-refractivity contribution in [3.8, 4) is 5.75 Å². The van der Waals surface area contributed by atoms with E-state index in [4.69, 9.17) is 4.74 Å². The van der Waals surface area contributed by atoms with Gasteiger partial charge in [0.1, 0.15) is 5.75 Å². The van der Waals surface area contributed by atoms with E-state index in [-0.39, 0.29) is 0 Å². The second kappa shape index (κ2) is 3.91. The van der Waals surface area contributed by atoms with Crippen molar-refractivity contribution in [2.75, 3.05) is 7.11 Å². The van der Waals surface area contributed by atoms with Crippen LogP contribution in [-0.2, 0) is 6.42 Å². The zero-order valence-corrected chi connectivity index (χ0v) is 10.5. The van der Waals surface area contributed by atoms with Gasteiger partial charge in [-0.25, -0.2) is 0 Å². The number of halogens is 1. The van der Waals surface area contributed by atoms with E-state index in [1.54, 1.807) is 18.4 Å². The lowest BCUT2D eigenvalue weighted by Crippen LogP contribution is -1.88. The van der Waals surface area contributed by atoms with Crippen LogP contribution in [0.3, 0.4) is 0 Å². The van der Waals surface area contributed by atoms with Gasteiger partial charge in [0.15, 0.2) is 0 Å². The Bertz CT molecular complexity index is 462. The van der Waals surface area contributed by atoms with Crippen molar-refractivity contribution in [3.05, 3.63) is 27.5 Å². The highest BCUT2D eigenvalue weighted by atomic mass is 79.9. The van der Waals surface area contributed by atoms with Crippen molar-refractivity contribution in [1.82, 2.24) is 0 Å². The molecular weight excluding hydrogens is 260 g/mol. The molecule has 0 atom stereocenters. The van der Waals surface area contributed by atoms with Gasteiger partial charge in [-0.15, -0.1) is 11.3 Å². The standard InChI is InChI=1S/C11H11BrOS/c1-3-7-6-9(12)10(13-2)8-4-5-14-11(7)8/h4-6H,3H2,1-2H3. The largest absolute Gasteiger partial charge is 0.495 e. The molecule has 1 aromatic carbocycles. The third-order valence-corrected chi connectivity index (χ3v) is 3.88. The van der Waals surface area contributed by atoms with E-state index in [2.05, 4.69) is 40.4 Å². The Morgan fingerprint density at radius 3 is 2.93 bits per heavy atom. The van der Waals surface area contributed by atoms with Crippen molar-refractivity contribution >= 4 is 37.4 Å². The molecular formula is C11H11BrOS. The smallest absolute Gasteiger partial charge is 0.141 e. The van der Waals surface area contributed by atoms with E-state index in [9.17, 15) is 0 Å². The van der Waals surface area contributed by atoms with Crippen molar-refractivity contribution in [3.63, 3.8) is 0 Å². The number of hydrogen-bond acceptors (Lipinski definition) is 2. The van der Waals surface area contributed by atoms with Crippen LogP contribution in [0, 0.1) is 0 Å².